The molecule has 3 aromatic rings. The Morgan fingerprint density at radius 2 is 1.78 bits per heavy atom. The molecule has 0 bridgehead atoms. The lowest BCUT2D eigenvalue weighted by molar-refractivity contribution is -0.149. The fourth-order valence-corrected chi connectivity index (χ4v) is 4.47. The number of ether oxygens (including phenoxy) is 2. The summed E-state index contributed by atoms with van der Waals surface area (Å²) in [6.45, 7) is 1.10. The molecule has 0 aliphatic carbocycles. The molecule has 0 radical (unpaired) electrons. The van der Waals surface area contributed by atoms with Crippen molar-refractivity contribution in [1.82, 2.24) is 4.90 Å². The second kappa shape index (κ2) is 9.61. The first-order valence-electron chi connectivity index (χ1n) is 10.4. The predicted octanol–water partition coefficient (Wildman–Crippen LogP) is 4.97. The molecule has 1 aromatic heterocycles. The molecule has 2 aromatic carbocycles. The molecule has 32 heavy (non-hydrogen) atoms. The average molecular weight is 498 g/mol. The Balaban J connectivity index is 1.40. The van der Waals surface area contributed by atoms with Gasteiger partial charge in [-0.2, -0.15) is 0 Å². The number of benzene rings is 2. The zero-order chi connectivity index (χ0) is 22.6. The molecule has 1 aliphatic rings. The third-order valence-corrected chi connectivity index (χ3v) is 6.35. The Morgan fingerprint density at radius 1 is 1.03 bits per heavy atom. The van der Waals surface area contributed by atoms with Crippen molar-refractivity contribution in [2.75, 3.05) is 20.2 Å². The highest BCUT2D eigenvalue weighted by Crippen LogP contribution is 2.37. The SMILES string of the molecule is COC(=O)C1(c2ccccc2)CCN(C(=O)c2ccc(COc3cccc(Br)c3)o2)CC1. The lowest BCUT2D eigenvalue weighted by atomic mass is 9.72. The van der Waals surface area contributed by atoms with E-state index in [1.807, 2.05) is 54.6 Å². The lowest BCUT2D eigenvalue weighted by Crippen LogP contribution is -2.49. The van der Waals surface area contributed by atoms with Crippen LogP contribution in [-0.2, 0) is 21.6 Å². The van der Waals surface area contributed by atoms with E-state index in [0.717, 1.165) is 10.0 Å². The fourth-order valence-electron chi connectivity index (χ4n) is 4.09. The zero-order valence-corrected chi connectivity index (χ0v) is 19.3. The van der Waals surface area contributed by atoms with Gasteiger partial charge >= 0.3 is 5.97 Å². The van der Waals surface area contributed by atoms with Crippen molar-refractivity contribution in [3.05, 3.63) is 88.3 Å². The van der Waals surface area contributed by atoms with Crippen LogP contribution in [0, 0.1) is 0 Å². The largest absolute Gasteiger partial charge is 0.486 e. The van der Waals surface area contributed by atoms with Crippen LogP contribution >= 0.6 is 15.9 Å². The number of nitrogens with zero attached hydrogens (tertiary/aromatic N) is 1. The van der Waals surface area contributed by atoms with Crippen molar-refractivity contribution < 1.29 is 23.5 Å². The molecule has 166 valence electrons. The molecule has 0 saturated carbocycles. The summed E-state index contributed by atoms with van der Waals surface area (Å²) in [5.74, 6) is 1.09. The highest BCUT2D eigenvalue weighted by molar-refractivity contribution is 9.10. The van der Waals surface area contributed by atoms with Crippen LogP contribution in [0.4, 0.5) is 0 Å². The molecule has 0 atom stereocenters. The van der Waals surface area contributed by atoms with Gasteiger partial charge in [0.25, 0.3) is 5.91 Å². The number of hydrogen-bond donors (Lipinski definition) is 0. The van der Waals surface area contributed by atoms with Crippen LogP contribution < -0.4 is 4.74 Å². The third-order valence-electron chi connectivity index (χ3n) is 5.86. The standard InChI is InChI=1S/C25H24BrNO5/c1-30-24(29)25(18-6-3-2-4-7-18)12-14-27(15-13-25)23(28)22-11-10-21(32-22)17-31-20-9-5-8-19(26)16-20/h2-11,16H,12-15,17H2,1H3. The fraction of sp³-hybridized carbons (Fsp3) is 0.280. The number of carbonyl (C=O) groups excluding carboxylic acids is 2. The number of methoxy groups -OCH3 is 1. The number of amides is 1. The Hall–Kier alpha value is -3.06. The van der Waals surface area contributed by atoms with Gasteiger partial charge in [0.05, 0.1) is 12.5 Å². The van der Waals surface area contributed by atoms with Crippen molar-refractivity contribution in [3.8, 4) is 5.75 Å². The highest BCUT2D eigenvalue weighted by Gasteiger charge is 2.45. The maximum atomic E-state index is 13.0. The van der Waals surface area contributed by atoms with E-state index in [9.17, 15) is 9.59 Å². The van der Waals surface area contributed by atoms with Crippen molar-refractivity contribution in [2.24, 2.45) is 0 Å². The van der Waals surface area contributed by atoms with Gasteiger partial charge in [-0.3, -0.25) is 9.59 Å². The number of rotatable bonds is 6. The lowest BCUT2D eigenvalue weighted by Gasteiger charge is -2.39. The Bertz CT molecular complexity index is 1090. The number of carbonyl (C=O) groups is 2. The van der Waals surface area contributed by atoms with Gasteiger partial charge in [0, 0.05) is 17.6 Å². The van der Waals surface area contributed by atoms with Gasteiger partial charge in [-0.05, 0) is 48.7 Å². The molecule has 1 saturated heterocycles. The highest BCUT2D eigenvalue weighted by atomic mass is 79.9. The smallest absolute Gasteiger partial charge is 0.316 e. The molecule has 1 fully saturated rings. The minimum atomic E-state index is -0.737. The molecule has 6 nitrogen and oxygen atoms in total. The van der Waals surface area contributed by atoms with E-state index in [1.54, 1.807) is 17.0 Å². The summed E-state index contributed by atoms with van der Waals surface area (Å²) in [6.07, 6.45) is 0.990. The second-order valence-corrected chi connectivity index (χ2v) is 8.66. The number of esters is 1. The summed E-state index contributed by atoms with van der Waals surface area (Å²) < 4.78 is 17.5. The van der Waals surface area contributed by atoms with Crippen LogP contribution in [0.5, 0.6) is 5.75 Å². The first-order valence-corrected chi connectivity index (χ1v) is 11.2. The number of piperidine rings is 1. The number of furan rings is 1. The molecular formula is C25H24BrNO5. The van der Waals surface area contributed by atoms with Gasteiger partial charge in [0.2, 0.25) is 0 Å². The van der Waals surface area contributed by atoms with Crippen LogP contribution in [0.3, 0.4) is 0 Å². The van der Waals surface area contributed by atoms with Crippen molar-refractivity contribution in [2.45, 2.75) is 24.9 Å². The maximum absolute atomic E-state index is 13.0. The minimum Gasteiger partial charge on any atom is -0.486 e. The van der Waals surface area contributed by atoms with Gasteiger partial charge in [-0.1, -0.05) is 52.3 Å². The van der Waals surface area contributed by atoms with E-state index in [1.165, 1.54) is 7.11 Å². The monoisotopic (exact) mass is 497 g/mol. The normalized spacial score (nSPS) is 15.2. The molecule has 0 N–H and O–H groups in total. The summed E-state index contributed by atoms with van der Waals surface area (Å²) in [6, 6.07) is 20.6. The number of hydrogen-bond acceptors (Lipinski definition) is 5. The van der Waals surface area contributed by atoms with Crippen LogP contribution in [0.1, 0.15) is 34.7 Å². The quantitative estimate of drug-likeness (QED) is 0.449. The third kappa shape index (κ3) is 4.58. The van der Waals surface area contributed by atoms with Crippen molar-refractivity contribution in [3.63, 3.8) is 0 Å². The van der Waals surface area contributed by atoms with Crippen LogP contribution in [-0.4, -0.2) is 37.0 Å². The van der Waals surface area contributed by atoms with Gasteiger partial charge in [0.15, 0.2) is 5.76 Å². The van der Waals surface area contributed by atoms with E-state index in [4.69, 9.17) is 13.9 Å². The predicted molar refractivity (Wildman–Crippen MR) is 122 cm³/mol. The van der Waals surface area contributed by atoms with E-state index < -0.39 is 5.41 Å². The Morgan fingerprint density at radius 3 is 2.47 bits per heavy atom. The average Bonchev–Trinajstić information content (AvgIpc) is 3.31. The summed E-state index contributed by atoms with van der Waals surface area (Å²) in [5.41, 5.74) is 0.183. The van der Waals surface area contributed by atoms with E-state index >= 15 is 0 Å². The van der Waals surface area contributed by atoms with Gasteiger partial charge < -0.3 is 18.8 Å². The van der Waals surface area contributed by atoms with Crippen molar-refractivity contribution in [1.29, 1.82) is 0 Å². The summed E-state index contributed by atoms with van der Waals surface area (Å²) in [4.78, 5) is 27.4. The Kier molecular flexibility index (Phi) is 6.65. The second-order valence-electron chi connectivity index (χ2n) is 7.74. The van der Waals surface area contributed by atoms with Crippen LogP contribution in [0.25, 0.3) is 0 Å². The summed E-state index contributed by atoms with van der Waals surface area (Å²) >= 11 is 3.41. The summed E-state index contributed by atoms with van der Waals surface area (Å²) in [5, 5.41) is 0. The molecular weight excluding hydrogens is 474 g/mol. The van der Waals surface area contributed by atoms with E-state index in [2.05, 4.69) is 15.9 Å². The van der Waals surface area contributed by atoms with E-state index in [-0.39, 0.29) is 24.2 Å². The van der Waals surface area contributed by atoms with Gasteiger partial charge in [0.1, 0.15) is 18.1 Å². The Labute approximate surface area is 195 Å². The zero-order valence-electron chi connectivity index (χ0n) is 17.8. The summed E-state index contributed by atoms with van der Waals surface area (Å²) in [7, 11) is 1.41. The topological polar surface area (TPSA) is 69.0 Å². The first kappa shape index (κ1) is 22.1. The molecule has 1 aliphatic heterocycles. The molecule has 7 heteroatoms. The van der Waals surface area contributed by atoms with Gasteiger partial charge in [-0.25, -0.2) is 0 Å². The first-order chi connectivity index (χ1) is 15.5. The minimum absolute atomic E-state index is 0.190. The molecule has 4 rings (SSSR count). The molecule has 2 heterocycles. The van der Waals surface area contributed by atoms with Crippen molar-refractivity contribution >= 4 is 27.8 Å². The van der Waals surface area contributed by atoms with E-state index in [0.29, 0.717) is 37.4 Å². The molecule has 0 spiro atoms. The number of halogens is 1. The number of likely N-dealkylation sites (tertiary alicyclic amines) is 1. The molecule has 0 unspecified atom stereocenters. The van der Waals surface area contributed by atoms with Crippen LogP contribution in [0.2, 0.25) is 0 Å². The maximum Gasteiger partial charge on any atom is 0.316 e. The van der Waals surface area contributed by atoms with Crippen LogP contribution in [0.15, 0.2) is 75.6 Å². The van der Waals surface area contributed by atoms with Gasteiger partial charge in [-0.15, -0.1) is 0 Å². The molecule has 1 amide bonds.